The Balaban J connectivity index is 2.00. The predicted molar refractivity (Wildman–Crippen MR) is 96.0 cm³/mol. The molecule has 0 saturated heterocycles. The third kappa shape index (κ3) is 6.07. The van der Waals surface area contributed by atoms with Crippen molar-refractivity contribution in [2.75, 3.05) is 11.9 Å². The number of esters is 1. The lowest BCUT2D eigenvalue weighted by atomic mass is 10.2. The number of imide groups is 1. The molecule has 2 rings (SSSR count). The molecular formula is C18H19FN4O4. The Bertz CT molecular complexity index is 842. The molecule has 0 aliphatic carbocycles. The third-order valence-electron chi connectivity index (χ3n) is 3.16. The molecule has 27 heavy (non-hydrogen) atoms. The van der Waals surface area contributed by atoms with Crippen molar-refractivity contribution in [1.29, 1.82) is 0 Å². The van der Waals surface area contributed by atoms with Gasteiger partial charge in [-0.25, -0.2) is 19.0 Å². The average Bonchev–Trinajstić information content (AvgIpc) is 2.61. The van der Waals surface area contributed by atoms with Gasteiger partial charge in [-0.05, 0) is 38.1 Å². The van der Waals surface area contributed by atoms with Crippen LogP contribution in [0, 0.1) is 5.82 Å². The lowest BCUT2D eigenvalue weighted by molar-refractivity contribution is -0.123. The number of hydrogen-bond acceptors (Lipinski definition) is 6. The van der Waals surface area contributed by atoms with Crippen molar-refractivity contribution < 1.29 is 23.5 Å². The van der Waals surface area contributed by atoms with E-state index in [1.165, 1.54) is 36.5 Å². The first kappa shape index (κ1) is 19.8. The second-order valence-corrected chi connectivity index (χ2v) is 5.76. The highest BCUT2D eigenvalue weighted by Crippen LogP contribution is 2.21. The van der Waals surface area contributed by atoms with Crippen molar-refractivity contribution in [2.24, 2.45) is 0 Å². The minimum atomic E-state index is -0.846. The molecule has 8 nitrogen and oxygen atoms in total. The Hall–Kier alpha value is -3.49. The molecule has 0 atom stereocenters. The monoisotopic (exact) mass is 374 g/mol. The van der Waals surface area contributed by atoms with Crippen LogP contribution >= 0.6 is 0 Å². The van der Waals surface area contributed by atoms with Gasteiger partial charge in [-0.1, -0.05) is 12.1 Å². The Morgan fingerprint density at radius 2 is 1.89 bits per heavy atom. The number of hydrogen-bond donors (Lipinski definition) is 3. The Morgan fingerprint density at radius 1 is 1.15 bits per heavy atom. The molecule has 9 heteroatoms. The number of para-hydroxylation sites is 1. The van der Waals surface area contributed by atoms with Crippen LogP contribution in [0.25, 0.3) is 0 Å². The lowest BCUT2D eigenvalue weighted by Gasteiger charge is -2.12. The van der Waals surface area contributed by atoms with E-state index in [0.29, 0.717) is 0 Å². The molecule has 3 amide bonds. The van der Waals surface area contributed by atoms with Crippen LogP contribution in [0.4, 0.5) is 20.7 Å². The standard InChI is InChI=1S/C18H19FN4O4/c1-11(2)21-18(26)23-15(24)10-27-17(25)12-6-5-9-20-16(12)22-14-8-4-3-7-13(14)19/h3-9,11H,10H2,1-2H3,(H,20,22)(H2,21,23,24,26). The molecular weight excluding hydrogens is 355 g/mol. The van der Waals surface area contributed by atoms with Crippen molar-refractivity contribution in [3.8, 4) is 0 Å². The van der Waals surface area contributed by atoms with Crippen LogP contribution in [0.2, 0.25) is 0 Å². The number of nitrogens with one attached hydrogen (secondary N) is 3. The van der Waals surface area contributed by atoms with Gasteiger partial charge < -0.3 is 15.4 Å². The van der Waals surface area contributed by atoms with E-state index in [9.17, 15) is 18.8 Å². The molecule has 0 aliphatic heterocycles. The number of halogens is 1. The largest absolute Gasteiger partial charge is 0.452 e. The summed E-state index contributed by atoms with van der Waals surface area (Å²) in [6.07, 6.45) is 1.42. The molecule has 0 aliphatic rings. The van der Waals surface area contributed by atoms with E-state index in [0.717, 1.165) is 0 Å². The number of rotatable bonds is 6. The summed E-state index contributed by atoms with van der Waals surface area (Å²) >= 11 is 0. The maximum absolute atomic E-state index is 13.8. The first-order chi connectivity index (χ1) is 12.9. The van der Waals surface area contributed by atoms with Gasteiger partial charge in [-0.2, -0.15) is 0 Å². The maximum Gasteiger partial charge on any atom is 0.342 e. The third-order valence-corrected chi connectivity index (χ3v) is 3.16. The SMILES string of the molecule is CC(C)NC(=O)NC(=O)COC(=O)c1cccnc1Nc1ccccc1F. The van der Waals surface area contributed by atoms with Gasteiger partial charge in [0.15, 0.2) is 6.61 Å². The van der Waals surface area contributed by atoms with Gasteiger partial charge in [0.25, 0.3) is 5.91 Å². The fraction of sp³-hybridized carbons (Fsp3) is 0.222. The van der Waals surface area contributed by atoms with Gasteiger partial charge >= 0.3 is 12.0 Å². The zero-order valence-electron chi connectivity index (χ0n) is 14.8. The van der Waals surface area contributed by atoms with E-state index in [1.807, 2.05) is 5.32 Å². The van der Waals surface area contributed by atoms with Crippen LogP contribution in [0.3, 0.4) is 0 Å². The van der Waals surface area contributed by atoms with Gasteiger partial charge in [0, 0.05) is 12.2 Å². The number of carbonyl (C=O) groups is 3. The zero-order valence-corrected chi connectivity index (χ0v) is 14.8. The first-order valence-electron chi connectivity index (χ1n) is 8.11. The average molecular weight is 374 g/mol. The van der Waals surface area contributed by atoms with E-state index in [1.54, 1.807) is 19.9 Å². The minimum Gasteiger partial charge on any atom is -0.452 e. The smallest absolute Gasteiger partial charge is 0.342 e. The van der Waals surface area contributed by atoms with Crippen LogP contribution in [-0.2, 0) is 9.53 Å². The van der Waals surface area contributed by atoms with Crippen molar-refractivity contribution >= 4 is 29.4 Å². The number of aromatic nitrogens is 1. The number of nitrogens with zero attached hydrogens (tertiary/aromatic N) is 1. The van der Waals surface area contributed by atoms with Crippen molar-refractivity contribution in [1.82, 2.24) is 15.6 Å². The lowest BCUT2D eigenvalue weighted by Crippen LogP contribution is -2.44. The summed E-state index contributed by atoms with van der Waals surface area (Å²) in [5.41, 5.74) is 0.147. The van der Waals surface area contributed by atoms with Gasteiger partial charge in [0.2, 0.25) is 0 Å². The van der Waals surface area contributed by atoms with Crippen LogP contribution < -0.4 is 16.0 Å². The number of urea groups is 1. The van der Waals surface area contributed by atoms with E-state index >= 15 is 0 Å². The summed E-state index contributed by atoms with van der Waals surface area (Å²) in [4.78, 5) is 39.3. The molecule has 0 radical (unpaired) electrons. The molecule has 0 bridgehead atoms. The van der Waals surface area contributed by atoms with Gasteiger partial charge in [0.05, 0.1) is 5.69 Å². The fourth-order valence-electron chi connectivity index (χ4n) is 2.03. The summed E-state index contributed by atoms with van der Waals surface area (Å²) in [6.45, 7) is 2.81. The normalized spacial score (nSPS) is 10.2. The van der Waals surface area contributed by atoms with E-state index in [2.05, 4.69) is 15.6 Å². The highest BCUT2D eigenvalue weighted by Gasteiger charge is 2.17. The second kappa shape index (κ2) is 9.27. The summed E-state index contributed by atoms with van der Waals surface area (Å²) in [5, 5.41) is 7.21. The molecule has 142 valence electrons. The molecule has 1 heterocycles. The number of anilines is 2. The molecule has 0 spiro atoms. The fourth-order valence-corrected chi connectivity index (χ4v) is 2.03. The number of pyridine rings is 1. The van der Waals surface area contributed by atoms with Crippen molar-refractivity contribution in [2.45, 2.75) is 19.9 Å². The molecule has 0 fully saturated rings. The van der Waals surface area contributed by atoms with Crippen molar-refractivity contribution in [3.63, 3.8) is 0 Å². The van der Waals surface area contributed by atoms with Crippen LogP contribution in [0.1, 0.15) is 24.2 Å². The molecule has 0 saturated carbocycles. The second-order valence-electron chi connectivity index (χ2n) is 5.76. The molecule has 3 N–H and O–H groups in total. The number of benzene rings is 1. The van der Waals surface area contributed by atoms with Crippen LogP contribution in [-0.4, -0.2) is 35.5 Å². The molecule has 1 aromatic heterocycles. The summed E-state index contributed by atoms with van der Waals surface area (Å²) in [6, 6.07) is 7.98. The van der Waals surface area contributed by atoms with Crippen LogP contribution in [0.5, 0.6) is 0 Å². The number of ether oxygens (including phenoxy) is 1. The van der Waals surface area contributed by atoms with E-state index in [-0.39, 0.29) is 23.1 Å². The number of amides is 3. The predicted octanol–water partition coefficient (Wildman–Crippen LogP) is 2.36. The highest BCUT2D eigenvalue weighted by molar-refractivity contribution is 5.99. The van der Waals surface area contributed by atoms with Crippen molar-refractivity contribution in [3.05, 3.63) is 54.0 Å². The van der Waals surface area contributed by atoms with Gasteiger partial charge in [-0.3, -0.25) is 10.1 Å². The number of carbonyl (C=O) groups excluding carboxylic acids is 3. The van der Waals surface area contributed by atoms with Gasteiger partial charge in [0.1, 0.15) is 17.2 Å². The summed E-state index contributed by atoms with van der Waals surface area (Å²) < 4.78 is 18.7. The minimum absolute atomic E-state index is 0.0141. The zero-order chi connectivity index (χ0) is 19.8. The Morgan fingerprint density at radius 3 is 2.59 bits per heavy atom. The van der Waals surface area contributed by atoms with Crippen LogP contribution in [0.15, 0.2) is 42.6 Å². The summed E-state index contributed by atoms with van der Waals surface area (Å²) in [5.74, 6) is -2.07. The summed E-state index contributed by atoms with van der Waals surface area (Å²) in [7, 11) is 0. The molecule has 2 aromatic rings. The van der Waals surface area contributed by atoms with E-state index < -0.39 is 30.3 Å². The topological polar surface area (TPSA) is 109 Å². The van der Waals surface area contributed by atoms with Gasteiger partial charge in [-0.15, -0.1) is 0 Å². The highest BCUT2D eigenvalue weighted by atomic mass is 19.1. The molecule has 0 unspecified atom stereocenters. The Kier molecular flexibility index (Phi) is 6.81. The molecule has 1 aromatic carbocycles. The van der Waals surface area contributed by atoms with E-state index in [4.69, 9.17) is 4.74 Å². The first-order valence-corrected chi connectivity index (χ1v) is 8.11. The Labute approximate surface area is 155 Å². The quantitative estimate of drug-likeness (QED) is 0.670. The maximum atomic E-state index is 13.8.